The van der Waals surface area contributed by atoms with Gasteiger partial charge in [-0.25, -0.2) is 0 Å². The van der Waals surface area contributed by atoms with Gasteiger partial charge in [-0.05, 0) is 105 Å². The van der Waals surface area contributed by atoms with Crippen LogP contribution in [0.4, 0.5) is 0 Å². The number of aliphatic hydroxyl groups excluding tert-OH is 1. The minimum Gasteiger partial charge on any atom is -0.468 e. The van der Waals surface area contributed by atoms with E-state index in [0.29, 0.717) is 17.2 Å². The molecule has 1 aromatic rings. The van der Waals surface area contributed by atoms with Crippen LogP contribution < -0.4 is 10.2 Å². The van der Waals surface area contributed by atoms with Crippen molar-refractivity contribution in [2.75, 3.05) is 13.7 Å². The van der Waals surface area contributed by atoms with E-state index in [1.807, 2.05) is 0 Å². The second-order valence-electron chi connectivity index (χ2n) is 16.3. The number of fused-ring (bicyclic) bond motifs is 1. The molecule has 0 aromatic carbocycles. The van der Waals surface area contributed by atoms with Crippen LogP contribution in [0.5, 0.6) is 5.95 Å². The van der Waals surface area contributed by atoms with Crippen molar-refractivity contribution in [2.45, 2.75) is 156 Å². The van der Waals surface area contributed by atoms with Crippen LogP contribution in [0.1, 0.15) is 117 Å². The van der Waals surface area contributed by atoms with Crippen LogP contribution in [0, 0.1) is 36.5 Å². The van der Waals surface area contributed by atoms with Gasteiger partial charge in [-0.2, -0.15) is 0 Å². The Bertz CT molecular complexity index is 1240. The van der Waals surface area contributed by atoms with Gasteiger partial charge < -0.3 is 23.1 Å². The lowest BCUT2D eigenvalue weighted by atomic mass is 9.44. The summed E-state index contributed by atoms with van der Waals surface area (Å²) in [6.45, 7) is 32.1. The van der Waals surface area contributed by atoms with Gasteiger partial charge in [0.2, 0.25) is 0 Å². The zero-order valence-corrected chi connectivity index (χ0v) is 33.1. The third-order valence-corrected chi connectivity index (χ3v) is 22.2. The van der Waals surface area contributed by atoms with Crippen molar-refractivity contribution in [3.63, 3.8) is 0 Å². The van der Waals surface area contributed by atoms with Crippen LogP contribution >= 0.6 is 0 Å². The number of methoxy groups -OCH3 is 1. The van der Waals surface area contributed by atoms with E-state index in [1.54, 1.807) is 13.8 Å². The van der Waals surface area contributed by atoms with Crippen LogP contribution in [0.2, 0.25) is 36.3 Å². The first-order valence-electron chi connectivity index (χ1n) is 17.6. The van der Waals surface area contributed by atoms with Crippen molar-refractivity contribution in [2.24, 2.45) is 22.7 Å². The highest BCUT2D eigenvalue weighted by atomic mass is 28.4. The highest BCUT2D eigenvalue weighted by Crippen LogP contribution is 2.65. The Labute approximate surface area is 277 Å². The predicted octanol–water partition coefficient (Wildman–Crippen LogP) is 9.88. The Morgan fingerprint density at radius 3 is 2.22 bits per heavy atom. The molecule has 1 N–H and O–H groups in total. The third-order valence-electron chi connectivity index (χ3n) is 13.0. The average Bonchev–Trinajstić information content (AvgIpc) is 2.97. The van der Waals surface area contributed by atoms with Crippen molar-refractivity contribution in [3.05, 3.63) is 39.3 Å². The Balaban J connectivity index is 2.06. The lowest BCUT2D eigenvalue weighted by Crippen LogP contribution is -2.59. The normalized spacial score (nSPS) is 28.6. The van der Waals surface area contributed by atoms with Gasteiger partial charge >= 0.3 is 0 Å². The molecule has 0 amide bonds. The molecule has 0 unspecified atom stereocenters. The van der Waals surface area contributed by atoms with E-state index in [-0.39, 0.29) is 44.8 Å². The second-order valence-corrected chi connectivity index (χ2v) is 25.8. The number of aliphatic hydroxyl groups is 1. The summed E-state index contributed by atoms with van der Waals surface area (Å²) in [5.74, 6) is 0.634. The first-order valence-corrected chi connectivity index (χ1v) is 23.1. The Morgan fingerprint density at radius 1 is 1.09 bits per heavy atom. The summed E-state index contributed by atoms with van der Waals surface area (Å²) in [6.07, 6.45) is 4.79. The van der Waals surface area contributed by atoms with Crippen molar-refractivity contribution in [3.8, 4) is 5.95 Å². The number of hydrogen-bond acceptors (Lipinski definition) is 6. The fraction of sp³-hybridized carbons (Fsp3) is 0.811. The molecule has 0 aliphatic heterocycles. The molecule has 0 saturated heterocycles. The maximum atomic E-state index is 13.6. The maximum Gasteiger partial charge on any atom is 0.294 e. The van der Waals surface area contributed by atoms with Crippen LogP contribution in [0.25, 0.3) is 0 Å². The lowest BCUT2D eigenvalue weighted by Gasteiger charge is -2.62. The van der Waals surface area contributed by atoms with Crippen molar-refractivity contribution in [1.82, 2.24) is 0 Å². The molecule has 3 rings (SSSR count). The number of ether oxygens (including phenoxy) is 1. The summed E-state index contributed by atoms with van der Waals surface area (Å²) in [5.41, 5.74) is 1.19. The molecule has 6 atom stereocenters. The molecule has 2 aliphatic carbocycles. The summed E-state index contributed by atoms with van der Waals surface area (Å²) in [4.78, 5) is 13.6. The molecule has 2 saturated carbocycles. The van der Waals surface area contributed by atoms with Crippen LogP contribution in [-0.4, -0.2) is 41.6 Å². The molecule has 1 heterocycles. The fourth-order valence-electron chi connectivity index (χ4n) is 8.62. The van der Waals surface area contributed by atoms with E-state index in [9.17, 15) is 9.90 Å². The highest BCUT2D eigenvalue weighted by Gasteiger charge is 2.60. The molecule has 8 heteroatoms. The quantitative estimate of drug-likeness (QED) is 0.129. The summed E-state index contributed by atoms with van der Waals surface area (Å²) >= 11 is 0. The van der Waals surface area contributed by atoms with Crippen molar-refractivity contribution in [1.29, 1.82) is 0 Å². The molecule has 258 valence electrons. The minimum absolute atomic E-state index is 0.0990. The molecule has 2 fully saturated rings. The van der Waals surface area contributed by atoms with Crippen LogP contribution in [0.3, 0.4) is 0 Å². The first kappa shape index (κ1) is 38.3. The predicted molar refractivity (Wildman–Crippen MR) is 191 cm³/mol. The van der Waals surface area contributed by atoms with Gasteiger partial charge in [0.1, 0.15) is 11.3 Å². The molecular weight excluding hydrogens is 597 g/mol. The third kappa shape index (κ3) is 7.15. The summed E-state index contributed by atoms with van der Waals surface area (Å²) < 4.78 is 25.6. The van der Waals surface area contributed by atoms with Gasteiger partial charge in [-0.3, -0.25) is 4.79 Å². The lowest BCUT2D eigenvalue weighted by molar-refractivity contribution is -0.149. The van der Waals surface area contributed by atoms with Crippen molar-refractivity contribution < 1.29 is 23.1 Å². The molecular formula is C37H66O6Si2. The number of rotatable bonds is 13. The molecule has 0 bridgehead atoms. The molecule has 0 radical (unpaired) electrons. The minimum atomic E-state index is -1.87. The average molecular weight is 663 g/mol. The SMILES string of the molecule is C=C1CC[C@H]2[C@](C)(CCCO[Si](C)(C)C(C)(C)C)[C@H](O[Si](CC)(CC)CC)CC[C@]2(C)[C@@H]1[C@H](O)c1c(OC)oc(C)c(C)c1=O. The van der Waals surface area contributed by atoms with E-state index in [2.05, 4.69) is 75.1 Å². The van der Waals surface area contributed by atoms with Gasteiger partial charge in [0.05, 0.1) is 19.3 Å². The van der Waals surface area contributed by atoms with E-state index < -0.39 is 22.7 Å². The van der Waals surface area contributed by atoms with Crippen LogP contribution in [0.15, 0.2) is 21.4 Å². The summed E-state index contributed by atoms with van der Waals surface area (Å²) in [6, 6.07) is 3.39. The Kier molecular flexibility index (Phi) is 12.0. The van der Waals surface area contributed by atoms with E-state index in [4.69, 9.17) is 18.0 Å². The zero-order chi connectivity index (χ0) is 34.2. The fourth-order valence-corrected chi connectivity index (χ4v) is 12.7. The topological polar surface area (TPSA) is 78.1 Å². The number of aryl methyl sites for hydroxylation is 1. The van der Waals surface area contributed by atoms with E-state index in [1.165, 1.54) is 7.11 Å². The van der Waals surface area contributed by atoms with Gasteiger partial charge in [0.15, 0.2) is 22.1 Å². The van der Waals surface area contributed by atoms with Gasteiger partial charge in [0.25, 0.3) is 5.95 Å². The molecule has 0 spiro atoms. The summed E-state index contributed by atoms with van der Waals surface area (Å²) in [5, 5.41) is 12.4. The molecule has 6 nitrogen and oxygen atoms in total. The largest absolute Gasteiger partial charge is 0.468 e. The molecule has 1 aromatic heterocycles. The van der Waals surface area contributed by atoms with Crippen LogP contribution in [-0.2, 0) is 8.85 Å². The van der Waals surface area contributed by atoms with Gasteiger partial charge in [-0.15, -0.1) is 0 Å². The Hall–Kier alpha value is -1.20. The van der Waals surface area contributed by atoms with Crippen molar-refractivity contribution >= 4 is 16.6 Å². The standard InChI is InChI=1S/C37H66O6Si2/c1-15-45(16-2,17-3)43-29-21-23-37(11)28(36(29,10)22-18-24-41-44(13,14)35(7,8)9)20-19-25(4)31(37)33(39)30-32(38)26(5)27(6)42-34(30)40-12/h28-29,31,33,39H,4,15-24H2,1-3,5-14H3/t28-,29+,31-,33+,36-,37-/m0/s1. The Morgan fingerprint density at radius 2 is 1.69 bits per heavy atom. The zero-order valence-electron chi connectivity index (χ0n) is 31.1. The van der Waals surface area contributed by atoms with Gasteiger partial charge in [0, 0.05) is 18.1 Å². The van der Waals surface area contributed by atoms with Gasteiger partial charge in [-0.1, -0.05) is 67.5 Å². The second kappa shape index (κ2) is 14.1. The van der Waals surface area contributed by atoms with E-state index in [0.717, 1.165) is 68.8 Å². The molecule has 45 heavy (non-hydrogen) atoms. The number of hydrogen-bond donors (Lipinski definition) is 1. The van der Waals surface area contributed by atoms with E-state index >= 15 is 0 Å². The maximum absolute atomic E-state index is 13.6. The molecule has 2 aliphatic rings. The smallest absolute Gasteiger partial charge is 0.294 e. The highest BCUT2D eigenvalue weighted by molar-refractivity contribution is 6.74. The first-order chi connectivity index (χ1) is 20.8. The summed E-state index contributed by atoms with van der Waals surface area (Å²) in [7, 11) is -2.23. The monoisotopic (exact) mass is 662 g/mol.